The van der Waals surface area contributed by atoms with Crippen molar-refractivity contribution < 1.29 is 4.52 Å². The van der Waals surface area contributed by atoms with E-state index in [1.807, 2.05) is 6.08 Å². The SMILES string of the molecule is C=CCN(Cc1noc(CN)n1)CC1CCCCC1. The van der Waals surface area contributed by atoms with Gasteiger partial charge in [-0.05, 0) is 18.8 Å². The van der Waals surface area contributed by atoms with Crippen molar-refractivity contribution in [3.63, 3.8) is 0 Å². The van der Waals surface area contributed by atoms with Gasteiger partial charge < -0.3 is 10.3 Å². The van der Waals surface area contributed by atoms with Crippen LogP contribution in [-0.2, 0) is 13.1 Å². The minimum Gasteiger partial charge on any atom is -0.338 e. The van der Waals surface area contributed by atoms with Gasteiger partial charge in [-0.15, -0.1) is 6.58 Å². The predicted octanol–water partition coefficient (Wildman–Crippen LogP) is 2.10. The first-order valence-electron chi connectivity index (χ1n) is 7.16. The average molecular weight is 264 g/mol. The van der Waals surface area contributed by atoms with Crippen LogP contribution in [0.5, 0.6) is 0 Å². The molecule has 0 atom stereocenters. The molecule has 2 N–H and O–H groups in total. The average Bonchev–Trinajstić information content (AvgIpc) is 2.88. The summed E-state index contributed by atoms with van der Waals surface area (Å²) in [5.74, 6) is 2.03. The minimum atomic E-state index is 0.303. The smallest absolute Gasteiger partial charge is 0.240 e. The van der Waals surface area contributed by atoms with Crippen LogP contribution in [0.1, 0.15) is 43.8 Å². The van der Waals surface area contributed by atoms with Gasteiger partial charge >= 0.3 is 0 Å². The van der Waals surface area contributed by atoms with E-state index >= 15 is 0 Å². The summed E-state index contributed by atoms with van der Waals surface area (Å²) in [5, 5.41) is 3.96. The lowest BCUT2D eigenvalue weighted by molar-refractivity contribution is 0.204. The third-order valence-electron chi connectivity index (χ3n) is 3.68. The topological polar surface area (TPSA) is 68.2 Å². The highest BCUT2D eigenvalue weighted by atomic mass is 16.5. The van der Waals surface area contributed by atoms with Crippen molar-refractivity contribution >= 4 is 0 Å². The molecule has 1 aromatic heterocycles. The number of hydrogen-bond acceptors (Lipinski definition) is 5. The van der Waals surface area contributed by atoms with E-state index in [1.54, 1.807) is 0 Å². The first-order valence-corrected chi connectivity index (χ1v) is 7.16. The molecule has 0 bridgehead atoms. The Balaban J connectivity index is 1.88. The second-order valence-electron chi connectivity index (χ2n) is 5.30. The summed E-state index contributed by atoms with van der Waals surface area (Å²) in [6.07, 6.45) is 8.75. The molecular weight excluding hydrogens is 240 g/mol. The summed E-state index contributed by atoms with van der Waals surface area (Å²) in [7, 11) is 0. The molecule has 1 aliphatic rings. The fraction of sp³-hybridized carbons (Fsp3) is 0.714. The van der Waals surface area contributed by atoms with Gasteiger partial charge in [0.1, 0.15) is 0 Å². The number of nitrogens with two attached hydrogens (primary N) is 1. The highest BCUT2D eigenvalue weighted by molar-refractivity contribution is 4.88. The molecule has 19 heavy (non-hydrogen) atoms. The van der Waals surface area contributed by atoms with Crippen LogP contribution >= 0.6 is 0 Å². The van der Waals surface area contributed by atoms with Crippen molar-refractivity contribution in [1.82, 2.24) is 15.0 Å². The van der Waals surface area contributed by atoms with Gasteiger partial charge in [0.2, 0.25) is 5.89 Å². The maximum atomic E-state index is 5.48. The monoisotopic (exact) mass is 264 g/mol. The molecule has 0 unspecified atom stereocenters. The van der Waals surface area contributed by atoms with Crippen molar-refractivity contribution in [2.75, 3.05) is 13.1 Å². The van der Waals surface area contributed by atoms with Crippen LogP contribution in [-0.4, -0.2) is 28.1 Å². The molecule has 0 spiro atoms. The zero-order valence-corrected chi connectivity index (χ0v) is 11.6. The molecule has 1 aliphatic carbocycles. The maximum absolute atomic E-state index is 5.48. The van der Waals surface area contributed by atoms with Crippen LogP contribution in [0, 0.1) is 5.92 Å². The Bertz CT molecular complexity index is 385. The Hall–Kier alpha value is -1.20. The van der Waals surface area contributed by atoms with Crippen LogP contribution in [0.15, 0.2) is 17.2 Å². The van der Waals surface area contributed by atoms with E-state index in [-0.39, 0.29) is 0 Å². The second kappa shape index (κ2) is 7.40. The van der Waals surface area contributed by atoms with Gasteiger partial charge in [0.25, 0.3) is 0 Å². The molecule has 0 aromatic carbocycles. The summed E-state index contributed by atoms with van der Waals surface area (Å²) in [5.41, 5.74) is 5.48. The molecule has 1 fully saturated rings. The van der Waals surface area contributed by atoms with Crippen molar-refractivity contribution in [2.45, 2.75) is 45.2 Å². The van der Waals surface area contributed by atoms with Crippen molar-refractivity contribution in [2.24, 2.45) is 11.7 Å². The molecule has 0 aliphatic heterocycles. The number of rotatable bonds is 7. The van der Waals surface area contributed by atoms with Gasteiger partial charge in [-0.2, -0.15) is 4.98 Å². The number of hydrogen-bond donors (Lipinski definition) is 1. The molecule has 1 heterocycles. The molecule has 0 saturated heterocycles. The molecule has 1 aromatic rings. The first kappa shape index (κ1) is 14.2. The van der Waals surface area contributed by atoms with E-state index in [1.165, 1.54) is 32.1 Å². The third kappa shape index (κ3) is 4.44. The van der Waals surface area contributed by atoms with Crippen LogP contribution < -0.4 is 5.73 Å². The van der Waals surface area contributed by atoms with E-state index in [4.69, 9.17) is 10.3 Å². The zero-order valence-electron chi connectivity index (χ0n) is 11.6. The normalized spacial score (nSPS) is 16.9. The fourth-order valence-electron chi connectivity index (χ4n) is 2.76. The Morgan fingerprint density at radius 2 is 2.16 bits per heavy atom. The van der Waals surface area contributed by atoms with Crippen molar-refractivity contribution in [3.05, 3.63) is 24.4 Å². The minimum absolute atomic E-state index is 0.303. The zero-order chi connectivity index (χ0) is 13.5. The largest absolute Gasteiger partial charge is 0.338 e. The second-order valence-corrected chi connectivity index (χ2v) is 5.30. The highest BCUT2D eigenvalue weighted by Gasteiger charge is 2.18. The van der Waals surface area contributed by atoms with Crippen LogP contribution in [0.4, 0.5) is 0 Å². The van der Waals surface area contributed by atoms with Gasteiger partial charge in [-0.3, -0.25) is 4.90 Å². The molecule has 2 rings (SSSR count). The summed E-state index contributed by atoms with van der Waals surface area (Å²) in [6.45, 7) is 6.81. The lowest BCUT2D eigenvalue weighted by Gasteiger charge is -2.28. The summed E-state index contributed by atoms with van der Waals surface area (Å²) < 4.78 is 5.04. The Kier molecular flexibility index (Phi) is 5.54. The predicted molar refractivity (Wildman–Crippen MR) is 74.2 cm³/mol. The number of aromatic nitrogens is 2. The third-order valence-corrected chi connectivity index (χ3v) is 3.68. The summed E-state index contributed by atoms with van der Waals surface area (Å²) in [4.78, 5) is 6.61. The van der Waals surface area contributed by atoms with Gasteiger partial charge in [-0.25, -0.2) is 0 Å². The lowest BCUT2D eigenvalue weighted by Crippen LogP contribution is -2.30. The quantitative estimate of drug-likeness (QED) is 0.764. The van der Waals surface area contributed by atoms with Gasteiger partial charge in [0.15, 0.2) is 5.82 Å². The van der Waals surface area contributed by atoms with Crippen LogP contribution in [0.2, 0.25) is 0 Å². The lowest BCUT2D eigenvalue weighted by atomic mass is 9.89. The molecule has 0 radical (unpaired) electrons. The van der Waals surface area contributed by atoms with E-state index in [0.717, 1.165) is 24.8 Å². The number of nitrogens with zero attached hydrogens (tertiary/aromatic N) is 3. The standard InChI is InChI=1S/C14H24N4O/c1-2-8-18(10-12-6-4-3-5-7-12)11-13-16-14(9-15)19-17-13/h2,12H,1,3-11,15H2. The molecular formula is C14H24N4O. The first-order chi connectivity index (χ1) is 9.31. The van der Waals surface area contributed by atoms with E-state index in [2.05, 4.69) is 21.6 Å². The summed E-state index contributed by atoms with van der Waals surface area (Å²) >= 11 is 0. The Morgan fingerprint density at radius 1 is 1.37 bits per heavy atom. The van der Waals surface area contributed by atoms with Gasteiger partial charge in [0.05, 0.1) is 13.1 Å². The van der Waals surface area contributed by atoms with E-state index in [0.29, 0.717) is 19.0 Å². The molecule has 5 nitrogen and oxygen atoms in total. The van der Waals surface area contributed by atoms with Crippen LogP contribution in [0.3, 0.4) is 0 Å². The van der Waals surface area contributed by atoms with Crippen molar-refractivity contribution in [1.29, 1.82) is 0 Å². The maximum Gasteiger partial charge on any atom is 0.240 e. The van der Waals surface area contributed by atoms with Crippen molar-refractivity contribution in [3.8, 4) is 0 Å². The summed E-state index contributed by atoms with van der Waals surface area (Å²) in [6, 6.07) is 0. The molecule has 0 amide bonds. The van der Waals surface area contributed by atoms with Crippen LogP contribution in [0.25, 0.3) is 0 Å². The Labute approximate surface area is 114 Å². The van der Waals surface area contributed by atoms with Gasteiger partial charge in [0, 0.05) is 13.1 Å². The molecule has 106 valence electrons. The van der Waals surface area contributed by atoms with E-state index in [9.17, 15) is 0 Å². The molecule has 5 heteroatoms. The van der Waals surface area contributed by atoms with E-state index < -0.39 is 0 Å². The Morgan fingerprint density at radius 3 is 2.79 bits per heavy atom. The molecule has 1 saturated carbocycles. The highest BCUT2D eigenvalue weighted by Crippen LogP contribution is 2.24. The fourth-order valence-corrected chi connectivity index (χ4v) is 2.76. The van der Waals surface area contributed by atoms with Gasteiger partial charge in [-0.1, -0.05) is 30.5 Å².